The molecular weight excluding hydrogens is 330 g/mol. The molecule has 0 fully saturated rings. The Balaban J connectivity index is 1.83. The highest BCUT2D eigenvalue weighted by Gasteiger charge is 2.08. The highest BCUT2D eigenvalue weighted by Crippen LogP contribution is 2.31. The van der Waals surface area contributed by atoms with Crippen LogP contribution in [0.1, 0.15) is 5.56 Å². The lowest BCUT2D eigenvalue weighted by Gasteiger charge is -2.12. The zero-order valence-corrected chi connectivity index (χ0v) is 14.4. The van der Waals surface area contributed by atoms with Crippen LogP contribution in [-0.4, -0.2) is 24.2 Å². The van der Waals surface area contributed by atoms with Gasteiger partial charge in [-0.1, -0.05) is 12.1 Å². The number of nitriles is 1. The number of para-hydroxylation sites is 1. The van der Waals surface area contributed by atoms with E-state index in [0.29, 0.717) is 40.2 Å². The van der Waals surface area contributed by atoms with Crippen molar-refractivity contribution in [1.82, 2.24) is 9.97 Å². The molecule has 0 unspecified atom stereocenters. The topological polar surface area (TPSA) is 92.1 Å². The number of anilines is 4. The number of aromatic nitrogens is 2. The van der Waals surface area contributed by atoms with Crippen molar-refractivity contribution in [3.63, 3.8) is 0 Å². The average Bonchev–Trinajstić information content (AvgIpc) is 2.69. The normalized spacial score (nSPS) is 9.88. The molecule has 2 aromatic carbocycles. The van der Waals surface area contributed by atoms with Gasteiger partial charge in [0.15, 0.2) is 0 Å². The van der Waals surface area contributed by atoms with Gasteiger partial charge in [-0.2, -0.15) is 10.2 Å². The molecule has 3 aromatic rings. The molecule has 0 aliphatic heterocycles. The summed E-state index contributed by atoms with van der Waals surface area (Å²) >= 11 is 0. The van der Waals surface area contributed by atoms with Crippen LogP contribution in [0.3, 0.4) is 0 Å². The fourth-order valence-corrected chi connectivity index (χ4v) is 2.34. The highest BCUT2D eigenvalue weighted by atomic mass is 16.5. The fraction of sp³-hybridized carbons (Fsp3) is 0.105. The van der Waals surface area contributed by atoms with Crippen molar-refractivity contribution in [1.29, 1.82) is 5.26 Å². The van der Waals surface area contributed by atoms with Gasteiger partial charge in [0.1, 0.15) is 23.4 Å². The molecule has 26 heavy (non-hydrogen) atoms. The molecule has 0 aliphatic carbocycles. The maximum Gasteiger partial charge on any atom is 0.229 e. The maximum absolute atomic E-state index is 9.19. The average molecular weight is 347 g/mol. The molecular formula is C19H17N5O2. The summed E-state index contributed by atoms with van der Waals surface area (Å²) in [5, 5.41) is 15.4. The predicted octanol–water partition coefficient (Wildman–Crippen LogP) is 3.85. The van der Waals surface area contributed by atoms with Crippen molar-refractivity contribution in [2.24, 2.45) is 0 Å². The minimum absolute atomic E-state index is 0.396. The van der Waals surface area contributed by atoms with Crippen molar-refractivity contribution in [3.05, 3.63) is 60.3 Å². The first kappa shape index (κ1) is 17.0. The minimum atomic E-state index is 0.396. The van der Waals surface area contributed by atoms with Gasteiger partial charge in [0.25, 0.3) is 0 Å². The third-order valence-electron chi connectivity index (χ3n) is 3.62. The van der Waals surface area contributed by atoms with Gasteiger partial charge in [-0.15, -0.1) is 0 Å². The lowest BCUT2D eigenvalue weighted by molar-refractivity contribution is 0.395. The Morgan fingerprint density at radius 1 is 0.962 bits per heavy atom. The second kappa shape index (κ2) is 7.85. The summed E-state index contributed by atoms with van der Waals surface area (Å²) in [5.41, 5.74) is 1.93. The monoisotopic (exact) mass is 347 g/mol. The van der Waals surface area contributed by atoms with E-state index in [1.807, 2.05) is 30.3 Å². The third kappa shape index (κ3) is 3.82. The zero-order valence-electron chi connectivity index (χ0n) is 14.4. The van der Waals surface area contributed by atoms with E-state index in [0.717, 1.165) is 0 Å². The summed E-state index contributed by atoms with van der Waals surface area (Å²) in [5.74, 6) is 2.27. The van der Waals surface area contributed by atoms with Crippen molar-refractivity contribution < 1.29 is 9.47 Å². The Morgan fingerprint density at radius 2 is 1.81 bits per heavy atom. The summed E-state index contributed by atoms with van der Waals surface area (Å²) in [6.45, 7) is 0. The van der Waals surface area contributed by atoms with Gasteiger partial charge >= 0.3 is 0 Å². The quantitative estimate of drug-likeness (QED) is 0.699. The molecule has 0 atom stereocenters. The van der Waals surface area contributed by atoms with Crippen LogP contribution < -0.4 is 20.1 Å². The van der Waals surface area contributed by atoms with Gasteiger partial charge in [0.2, 0.25) is 5.95 Å². The second-order valence-electron chi connectivity index (χ2n) is 5.24. The molecule has 7 nitrogen and oxygen atoms in total. The van der Waals surface area contributed by atoms with E-state index >= 15 is 0 Å². The second-order valence-corrected chi connectivity index (χ2v) is 5.24. The van der Waals surface area contributed by atoms with Crippen LogP contribution in [0, 0.1) is 11.3 Å². The summed E-state index contributed by atoms with van der Waals surface area (Å²) in [6.07, 6.45) is 1.63. The lowest BCUT2D eigenvalue weighted by atomic mass is 10.2. The van der Waals surface area contributed by atoms with Gasteiger partial charge in [-0.05, 0) is 30.3 Å². The first-order chi connectivity index (χ1) is 12.7. The van der Waals surface area contributed by atoms with Gasteiger partial charge in [-0.25, -0.2) is 4.98 Å². The Labute approximate surface area is 151 Å². The summed E-state index contributed by atoms with van der Waals surface area (Å²) in [4.78, 5) is 8.65. The number of rotatable bonds is 6. The number of benzene rings is 2. The van der Waals surface area contributed by atoms with E-state index in [4.69, 9.17) is 9.47 Å². The molecule has 3 rings (SSSR count). The SMILES string of the molecule is COc1ccc(Nc2nccc(Nc3ccccc3C#N)n2)c(OC)c1. The smallest absolute Gasteiger partial charge is 0.229 e. The van der Waals surface area contributed by atoms with Crippen LogP contribution in [0.15, 0.2) is 54.7 Å². The van der Waals surface area contributed by atoms with Gasteiger partial charge < -0.3 is 20.1 Å². The van der Waals surface area contributed by atoms with E-state index < -0.39 is 0 Å². The molecule has 0 saturated heterocycles. The number of nitrogens with one attached hydrogen (secondary N) is 2. The first-order valence-electron chi connectivity index (χ1n) is 7.81. The molecule has 0 aliphatic rings. The van der Waals surface area contributed by atoms with E-state index in [9.17, 15) is 5.26 Å². The molecule has 0 bridgehead atoms. The standard InChI is InChI=1S/C19H17N5O2/c1-25-14-7-8-16(17(11-14)26-2)23-19-21-10-9-18(24-19)22-15-6-4-3-5-13(15)12-20/h3-11H,1-2H3,(H2,21,22,23,24). The van der Waals surface area contributed by atoms with E-state index in [1.165, 1.54) is 0 Å². The zero-order chi connectivity index (χ0) is 18.4. The first-order valence-corrected chi connectivity index (χ1v) is 7.81. The number of methoxy groups -OCH3 is 2. The molecule has 0 radical (unpaired) electrons. The van der Waals surface area contributed by atoms with Crippen molar-refractivity contribution >= 4 is 23.1 Å². The largest absolute Gasteiger partial charge is 0.497 e. The highest BCUT2D eigenvalue weighted by molar-refractivity contribution is 5.67. The van der Waals surface area contributed by atoms with Gasteiger partial charge in [-0.3, -0.25) is 0 Å². The van der Waals surface area contributed by atoms with Crippen LogP contribution >= 0.6 is 0 Å². The Bertz CT molecular complexity index is 953. The van der Waals surface area contributed by atoms with Crippen molar-refractivity contribution in [2.75, 3.05) is 24.9 Å². The maximum atomic E-state index is 9.19. The molecule has 0 amide bonds. The molecule has 1 aromatic heterocycles. The summed E-state index contributed by atoms with van der Waals surface area (Å²) < 4.78 is 10.6. The molecule has 0 spiro atoms. The summed E-state index contributed by atoms with van der Waals surface area (Å²) in [6, 6.07) is 16.5. The number of hydrogen-bond donors (Lipinski definition) is 2. The van der Waals surface area contributed by atoms with Gasteiger partial charge in [0.05, 0.1) is 31.2 Å². The van der Waals surface area contributed by atoms with Crippen molar-refractivity contribution in [3.8, 4) is 17.6 Å². The van der Waals surface area contributed by atoms with E-state index in [2.05, 4.69) is 26.7 Å². The Morgan fingerprint density at radius 3 is 2.58 bits per heavy atom. The van der Waals surface area contributed by atoms with E-state index in [-0.39, 0.29) is 0 Å². The molecule has 1 heterocycles. The minimum Gasteiger partial charge on any atom is -0.497 e. The fourth-order valence-electron chi connectivity index (χ4n) is 2.34. The third-order valence-corrected chi connectivity index (χ3v) is 3.62. The van der Waals surface area contributed by atoms with Crippen LogP contribution in [0.4, 0.5) is 23.1 Å². The number of nitrogens with zero attached hydrogens (tertiary/aromatic N) is 3. The molecule has 7 heteroatoms. The number of hydrogen-bond acceptors (Lipinski definition) is 7. The van der Waals surface area contributed by atoms with Crippen LogP contribution in [0.5, 0.6) is 11.5 Å². The Kier molecular flexibility index (Phi) is 5.15. The van der Waals surface area contributed by atoms with Crippen molar-refractivity contribution in [2.45, 2.75) is 0 Å². The lowest BCUT2D eigenvalue weighted by Crippen LogP contribution is -2.02. The van der Waals surface area contributed by atoms with E-state index in [1.54, 1.807) is 38.6 Å². The summed E-state index contributed by atoms with van der Waals surface area (Å²) in [7, 11) is 3.18. The Hall–Kier alpha value is -3.79. The number of ether oxygens (including phenoxy) is 2. The van der Waals surface area contributed by atoms with Crippen LogP contribution in [0.2, 0.25) is 0 Å². The van der Waals surface area contributed by atoms with Gasteiger partial charge in [0, 0.05) is 12.3 Å². The predicted molar refractivity (Wildman–Crippen MR) is 99.3 cm³/mol. The van der Waals surface area contributed by atoms with Crippen LogP contribution in [-0.2, 0) is 0 Å². The molecule has 130 valence electrons. The molecule has 0 saturated carbocycles. The van der Waals surface area contributed by atoms with Crippen LogP contribution in [0.25, 0.3) is 0 Å². The molecule has 2 N–H and O–H groups in total.